The van der Waals surface area contributed by atoms with Crippen LogP contribution in [0.5, 0.6) is 11.5 Å². The first-order valence-electron chi connectivity index (χ1n) is 6.84. The van der Waals surface area contributed by atoms with Crippen molar-refractivity contribution in [3.8, 4) is 11.5 Å². The Morgan fingerprint density at radius 1 is 1.47 bits per heavy atom. The zero-order chi connectivity index (χ0) is 13.5. The summed E-state index contributed by atoms with van der Waals surface area (Å²) in [6.45, 7) is 2.29. The molecular formula is C15H21NO2S. The zero-order valence-electron chi connectivity index (χ0n) is 11.7. The van der Waals surface area contributed by atoms with Crippen LogP contribution in [0.4, 0.5) is 0 Å². The smallest absolute Gasteiger partial charge is 0.125 e. The van der Waals surface area contributed by atoms with E-state index in [-0.39, 0.29) is 5.60 Å². The number of methoxy groups -OCH3 is 1. The number of ether oxygens (including phenoxy) is 2. The quantitative estimate of drug-likeness (QED) is 0.901. The van der Waals surface area contributed by atoms with Gasteiger partial charge in [-0.3, -0.25) is 0 Å². The normalized spacial score (nSPS) is 33.0. The maximum absolute atomic E-state index is 6.41. The molecule has 4 heteroatoms. The summed E-state index contributed by atoms with van der Waals surface area (Å²) in [5.74, 6) is 3.11. The van der Waals surface area contributed by atoms with Crippen molar-refractivity contribution in [2.24, 2.45) is 0 Å². The molecule has 3 atom stereocenters. The lowest BCUT2D eigenvalue weighted by atomic mass is 9.83. The lowest BCUT2D eigenvalue weighted by molar-refractivity contribution is 0.0363. The van der Waals surface area contributed by atoms with Crippen molar-refractivity contribution in [3.05, 3.63) is 23.8 Å². The molecule has 0 bridgehead atoms. The monoisotopic (exact) mass is 279 g/mol. The van der Waals surface area contributed by atoms with Crippen molar-refractivity contribution >= 4 is 11.8 Å². The van der Waals surface area contributed by atoms with Gasteiger partial charge in [0, 0.05) is 23.3 Å². The summed E-state index contributed by atoms with van der Waals surface area (Å²) in [7, 11) is 3.73. The molecule has 104 valence electrons. The van der Waals surface area contributed by atoms with E-state index in [0.29, 0.717) is 11.3 Å². The van der Waals surface area contributed by atoms with Gasteiger partial charge in [0.2, 0.25) is 0 Å². The number of hydrogen-bond donors (Lipinski definition) is 1. The third-order valence-corrected chi connectivity index (χ3v) is 5.81. The molecule has 0 saturated carbocycles. The van der Waals surface area contributed by atoms with Gasteiger partial charge in [-0.2, -0.15) is 11.8 Å². The van der Waals surface area contributed by atoms with Crippen LogP contribution in [-0.2, 0) is 0 Å². The maximum Gasteiger partial charge on any atom is 0.125 e. The molecule has 1 aromatic rings. The topological polar surface area (TPSA) is 30.5 Å². The Morgan fingerprint density at radius 3 is 2.95 bits per heavy atom. The van der Waals surface area contributed by atoms with E-state index >= 15 is 0 Å². The molecule has 1 fully saturated rings. The van der Waals surface area contributed by atoms with Crippen molar-refractivity contribution < 1.29 is 9.47 Å². The minimum Gasteiger partial charge on any atom is -0.497 e. The fourth-order valence-electron chi connectivity index (χ4n) is 3.16. The highest BCUT2D eigenvalue weighted by molar-refractivity contribution is 8.00. The second-order valence-electron chi connectivity index (χ2n) is 5.38. The zero-order valence-corrected chi connectivity index (χ0v) is 12.5. The molecule has 0 amide bonds. The molecule has 1 saturated heterocycles. The summed E-state index contributed by atoms with van der Waals surface area (Å²) >= 11 is 2.02. The van der Waals surface area contributed by atoms with E-state index in [1.54, 1.807) is 7.11 Å². The summed E-state index contributed by atoms with van der Waals surface area (Å²) in [5.41, 5.74) is 1.22. The number of nitrogens with one attached hydrogen (secondary N) is 1. The lowest BCUT2D eigenvalue weighted by Gasteiger charge is -2.42. The Bertz CT molecular complexity index is 479. The van der Waals surface area contributed by atoms with Crippen molar-refractivity contribution in [2.75, 3.05) is 19.9 Å². The summed E-state index contributed by atoms with van der Waals surface area (Å²) in [4.78, 5) is 0. The van der Waals surface area contributed by atoms with E-state index < -0.39 is 0 Å². The standard InChI is InChI=1S/C15H21NO2S/c1-10-15(6-7-19-10)9-13(16-2)12-8-11(17-3)4-5-14(12)18-15/h4-5,8,10,13,16H,6-7,9H2,1-3H3. The fraction of sp³-hybridized carbons (Fsp3) is 0.600. The van der Waals surface area contributed by atoms with E-state index in [0.717, 1.165) is 24.3 Å². The van der Waals surface area contributed by atoms with Crippen molar-refractivity contribution in [1.82, 2.24) is 5.32 Å². The first-order chi connectivity index (χ1) is 9.18. The number of rotatable bonds is 2. The predicted octanol–water partition coefficient (Wildman–Crippen LogP) is 3.00. The molecule has 3 unspecified atom stereocenters. The first kappa shape index (κ1) is 13.1. The van der Waals surface area contributed by atoms with Gasteiger partial charge < -0.3 is 14.8 Å². The van der Waals surface area contributed by atoms with Crippen LogP contribution in [0.1, 0.15) is 31.4 Å². The summed E-state index contributed by atoms with van der Waals surface area (Å²) in [5, 5.41) is 3.99. The van der Waals surface area contributed by atoms with Gasteiger partial charge in [0.05, 0.1) is 7.11 Å². The summed E-state index contributed by atoms with van der Waals surface area (Å²) in [6.07, 6.45) is 2.18. The SMILES string of the molecule is CNC1CC2(CCSC2C)Oc2ccc(OC)cc21. The Labute approximate surface area is 119 Å². The number of thioether (sulfide) groups is 1. The summed E-state index contributed by atoms with van der Waals surface area (Å²) in [6, 6.07) is 6.47. The Hall–Kier alpha value is -0.870. The second kappa shape index (κ2) is 4.91. The van der Waals surface area contributed by atoms with Crippen LogP contribution in [0.15, 0.2) is 18.2 Å². The van der Waals surface area contributed by atoms with E-state index in [2.05, 4.69) is 24.4 Å². The van der Waals surface area contributed by atoms with Gasteiger partial charge in [0.15, 0.2) is 0 Å². The largest absolute Gasteiger partial charge is 0.497 e. The van der Waals surface area contributed by atoms with Gasteiger partial charge in [-0.1, -0.05) is 0 Å². The third kappa shape index (κ3) is 2.11. The van der Waals surface area contributed by atoms with Crippen molar-refractivity contribution in [1.29, 1.82) is 0 Å². The summed E-state index contributed by atoms with van der Waals surface area (Å²) < 4.78 is 11.7. The molecule has 2 aliphatic heterocycles. The van der Waals surface area contributed by atoms with E-state index in [4.69, 9.17) is 9.47 Å². The van der Waals surface area contributed by atoms with Crippen LogP contribution < -0.4 is 14.8 Å². The lowest BCUT2D eigenvalue weighted by Crippen LogP contribution is -2.47. The van der Waals surface area contributed by atoms with E-state index in [1.165, 1.54) is 11.3 Å². The van der Waals surface area contributed by atoms with Gasteiger partial charge in [0.25, 0.3) is 0 Å². The van der Waals surface area contributed by atoms with Crippen LogP contribution in [-0.4, -0.2) is 30.8 Å². The van der Waals surface area contributed by atoms with Gasteiger partial charge in [-0.05, 0) is 44.3 Å². The average Bonchev–Trinajstić information content (AvgIpc) is 2.78. The highest BCUT2D eigenvalue weighted by atomic mass is 32.2. The molecule has 1 spiro atoms. The fourth-order valence-corrected chi connectivity index (χ4v) is 4.54. The molecule has 1 N–H and O–H groups in total. The van der Waals surface area contributed by atoms with Crippen LogP contribution in [0.2, 0.25) is 0 Å². The molecule has 0 radical (unpaired) electrons. The molecule has 2 heterocycles. The van der Waals surface area contributed by atoms with E-state index in [1.807, 2.05) is 24.9 Å². The van der Waals surface area contributed by atoms with Crippen LogP contribution in [0, 0.1) is 0 Å². The molecule has 19 heavy (non-hydrogen) atoms. The van der Waals surface area contributed by atoms with Gasteiger partial charge in [-0.15, -0.1) is 0 Å². The minimum absolute atomic E-state index is 0.0000677. The van der Waals surface area contributed by atoms with Crippen LogP contribution in [0.3, 0.4) is 0 Å². The number of fused-ring (bicyclic) bond motifs is 1. The van der Waals surface area contributed by atoms with Gasteiger partial charge >= 0.3 is 0 Å². The number of hydrogen-bond acceptors (Lipinski definition) is 4. The van der Waals surface area contributed by atoms with Crippen LogP contribution in [0.25, 0.3) is 0 Å². The maximum atomic E-state index is 6.41. The van der Waals surface area contributed by atoms with Gasteiger partial charge in [0.1, 0.15) is 17.1 Å². The van der Waals surface area contributed by atoms with Crippen molar-refractivity contribution in [3.63, 3.8) is 0 Å². The Morgan fingerprint density at radius 2 is 2.32 bits per heavy atom. The third-order valence-electron chi connectivity index (χ3n) is 4.44. The molecule has 0 aromatic heterocycles. The molecule has 3 nitrogen and oxygen atoms in total. The second-order valence-corrected chi connectivity index (χ2v) is 6.83. The molecular weight excluding hydrogens is 258 g/mol. The average molecular weight is 279 g/mol. The highest BCUT2D eigenvalue weighted by Crippen LogP contribution is 2.49. The first-order valence-corrected chi connectivity index (χ1v) is 7.89. The van der Waals surface area contributed by atoms with Gasteiger partial charge in [-0.25, -0.2) is 0 Å². The van der Waals surface area contributed by atoms with Crippen molar-refractivity contribution in [2.45, 2.75) is 36.7 Å². The molecule has 3 rings (SSSR count). The Kier molecular flexibility index (Phi) is 3.39. The number of benzene rings is 1. The predicted molar refractivity (Wildman–Crippen MR) is 79.3 cm³/mol. The van der Waals surface area contributed by atoms with E-state index in [9.17, 15) is 0 Å². The minimum atomic E-state index is -0.0000677. The molecule has 0 aliphatic carbocycles. The Balaban J connectivity index is 2.00. The van der Waals surface area contributed by atoms with Crippen LogP contribution >= 0.6 is 11.8 Å². The molecule has 2 aliphatic rings. The highest BCUT2D eigenvalue weighted by Gasteiger charge is 2.48. The molecule has 1 aromatic carbocycles.